The lowest BCUT2D eigenvalue weighted by Gasteiger charge is -2.20. The van der Waals surface area contributed by atoms with Gasteiger partial charge in [-0.25, -0.2) is 4.79 Å². The zero-order valence-electron chi connectivity index (χ0n) is 10.6. The van der Waals surface area contributed by atoms with Crippen LogP contribution in [0.25, 0.3) is 0 Å². The van der Waals surface area contributed by atoms with Gasteiger partial charge >= 0.3 is 6.09 Å². The van der Waals surface area contributed by atoms with E-state index in [0.29, 0.717) is 12.5 Å². The highest BCUT2D eigenvalue weighted by atomic mass is 79.9. The summed E-state index contributed by atoms with van der Waals surface area (Å²) in [6, 6.07) is 0. The molecule has 0 aliphatic heterocycles. The monoisotopic (exact) mass is 301 g/mol. The molecule has 1 amide bonds. The van der Waals surface area contributed by atoms with Gasteiger partial charge in [0.05, 0.1) is 0 Å². The van der Waals surface area contributed by atoms with Gasteiger partial charge in [-0.15, -0.1) is 0 Å². The molecule has 1 aliphatic rings. The average molecular weight is 302 g/mol. The minimum Gasteiger partial charge on any atom is -0.444 e. The Bertz CT molecular complexity index is 329. The minimum absolute atomic E-state index is 0.339. The Morgan fingerprint density at radius 1 is 1.59 bits per heavy atom. The van der Waals surface area contributed by atoms with Crippen LogP contribution < -0.4 is 5.32 Å². The molecule has 0 aromatic heterocycles. The number of hydrogen-bond donors (Lipinski definition) is 1. The van der Waals surface area contributed by atoms with Gasteiger partial charge in [-0.2, -0.15) is 0 Å². The fourth-order valence-electron chi connectivity index (χ4n) is 1.53. The van der Waals surface area contributed by atoms with Crippen LogP contribution in [0.5, 0.6) is 0 Å². The molecule has 1 atom stereocenters. The number of carbonyl (C=O) groups is 1. The number of ether oxygens (including phenoxy) is 1. The van der Waals surface area contributed by atoms with E-state index in [9.17, 15) is 4.79 Å². The fraction of sp³-hybridized carbons (Fsp3) is 0.615. The van der Waals surface area contributed by atoms with Crippen molar-refractivity contribution in [3.63, 3.8) is 0 Å². The molecular formula is C13H20BrNO2. The van der Waals surface area contributed by atoms with Crippen LogP contribution in [0, 0.1) is 5.92 Å². The normalized spacial score (nSPS) is 19.8. The summed E-state index contributed by atoms with van der Waals surface area (Å²) in [5.74, 6) is 0.506. The van der Waals surface area contributed by atoms with E-state index in [1.54, 1.807) is 0 Å². The van der Waals surface area contributed by atoms with E-state index in [0.717, 1.165) is 17.3 Å². The number of alkyl carbamates (subject to hydrolysis) is 1. The Balaban J connectivity index is 2.17. The number of hydrogen-bond acceptors (Lipinski definition) is 2. The largest absolute Gasteiger partial charge is 0.444 e. The predicted octanol–water partition coefficient (Wildman–Crippen LogP) is 3.76. The first kappa shape index (κ1) is 14.3. The van der Waals surface area contributed by atoms with Crippen LogP contribution in [0.3, 0.4) is 0 Å². The van der Waals surface area contributed by atoms with Gasteiger partial charge in [0, 0.05) is 11.0 Å². The van der Waals surface area contributed by atoms with Gasteiger partial charge in [0.15, 0.2) is 0 Å². The van der Waals surface area contributed by atoms with Crippen molar-refractivity contribution in [1.29, 1.82) is 0 Å². The van der Waals surface area contributed by atoms with Crippen molar-refractivity contribution in [2.75, 3.05) is 6.54 Å². The Hall–Kier alpha value is -0.770. The Kier molecular flexibility index (Phi) is 5.25. The molecule has 0 aromatic carbocycles. The van der Waals surface area contributed by atoms with Crippen molar-refractivity contribution in [1.82, 2.24) is 5.32 Å². The Morgan fingerprint density at radius 2 is 2.29 bits per heavy atom. The third-order valence-corrected chi connectivity index (χ3v) is 2.91. The van der Waals surface area contributed by atoms with Gasteiger partial charge in [-0.05, 0) is 39.5 Å². The smallest absolute Gasteiger partial charge is 0.407 e. The van der Waals surface area contributed by atoms with Crippen molar-refractivity contribution in [3.8, 4) is 0 Å². The highest BCUT2D eigenvalue weighted by molar-refractivity contribution is 9.11. The van der Waals surface area contributed by atoms with Crippen LogP contribution in [0.15, 0.2) is 22.7 Å². The van der Waals surface area contributed by atoms with E-state index in [2.05, 4.69) is 39.5 Å². The zero-order chi connectivity index (χ0) is 12.9. The molecule has 1 aliphatic carbocycles. The van der Waals surface area contributed by atoms with Gasteiger partial charge < -0.3 is 10.1 Å². The van der Waals surface area contributed by atoms with Crippen LogP contribution >= 0.6 is 15.9 Å². The first-order valence-corrected chi connectivity index (χ1v) is 6.67. The summed E-state index contributed by atoms with van der Waals surface area (Å²) >= 11 is 3.42. The number of carbonyl (C=O) groups excluding carboxylic acids is 1. The number of nitrogens with one attached hydrogen (secondary N) is 1. The predicted molar refractivity (Wildman–Crippen MR) is 73.1 cm³/mol. The second-order valence-electron chi connectivity index (χ2n) is 5.16. The van der Waals surface area contributed by atoms with E-state index >= 15 is 0 Å². The highest BCUT2D eigenvalue weighted by Crippen LogP contribution is 2.21. The number of allylic oxidation sites excluding steroid dienone is 4. The summed E-state index contributed by atoms with van der Waals surface area (Å²) in [6.45, 7) is 6.23. The fourth-order valence-corrected chi connectivity index (χ4v) is 1.87. The molecule has 0 fully saturated rings. The molecule has 17 heavy (non-hydrogen) atoms. The quantitative estimate of drug-likeness (QED) is 0.862. The van der Waals surface area contributed by atoms with Gasteiger partial charge in [0.25, 0.3) is 0 Å². The van der Waals surface area contributed by atoms with Gasteiger partial charge in [0.2, 0.25) is 0 Å². The first-order valence-electron chi connectivity index (χ1n) is 5.87. The van der Waals surface area contributed by atoms with Crippen molar-refractivity contribution in [2.24, 2.45) is 5.92 Å². The highest BCUT2D eigenvalue weighted by Gasteiger charge is 2.16. The van der Waals surface area contributed by atoms with Crippen LogP contribution in [-0.4, -0.2) is 18.2 Å². The van der Waals surface area contributed by atoms with E-state index in [-0.39, 0.29) is 6.09 Å². The van der Waals surface area contributed by atoms with E-state index < -0.39 is 5.60 Å². The second kappa shape index (κ2) is 6.24. The molecule has 0 saturated heterocycles. The average Bonchev–Trinajstić information content (AvgIpc) is 2.18. The Labute approximate surface area is 111 Å². The molecule has 1 N–H and O–H groups in total. The molecule has 1 unspecified atom stereocenters. The molecule has 96 valence electrons. The van der Waals surface area contributed by atoms with Crippen LogP contribution in [0.2, 0.25) is 0 Å². The second-order valence-corrected chi connectivity index (χ2v) is 6.08. The number of amides is 1. The summed E-state index contributed by atoms with van der Waals surface area (Å²) in [5.41, 5.74) is -0.428. The lowest BCUT2D eigenvalue weighted by Crippen LogP contribution is -2.33. The molecule has 0 spiro atoms. The summed E-state index contributed by atoms with van der Waals surface area (Å²) in [5, 5.41) is 2.77. The summed E-state index contributed by atoms with van der Waals surface area (Å²) in [6.07, 6.45) is 7.99. The first-order chi connectivity index (χ1) is 7.87. The minimum atomic E-state index is -0.428. The number of rotatable bonds is 3. The maximum Gasteiger partial charge on any atom is 0.407 e. The Morgan fingerprint density at radius 3 is 2.82 bits per heavy atom. The molecule has 0 saturated carbocycles. The maximum absolute atomic E-state index is 11.4. The van der Waals surface area contributed by atoms with Gasteiger partial charge in [0.1, 0.15) is 5.60 Å². The molecule has 0 bridgehead atoms. The number of halogens is 1. The summed E-state index contributed by atoms with van der Waals surface area (Å²) in [4.78, 5) is 11.4. The lowest BCUT2D eigenvalue weighted by molar-refractivity contribution is 0.0526. The van der Waals surface area contributed by atoms with E-state index in [4.69, 9.17) is 4.74 Å². The van der Waals surface area contributed by atoms with Crippen molar-refractivity contribution < 1.29 is 9.53 Å². The molecule has 3 nitrogen and oxygen atoms in total. The van der Waals surface area contributed by atoms with Crippen molar-refractivity contribution in [3.05, 3.63) is 22.7 Å². The van der Waals surface area contributed by atoms with Crippen LogP contribution in [0.1, 0.15) is 33.6 Å². The molecule has 0 radical (unpaired) electrons. The standard InChI is InChI=1S/C13H20BrNO2/c1-13(2,3)17-12(16)15-9-8-10-4-6-11(14)7-5-10/h4,6-7,10H,5,8-9H2,1-3H3,(H,15,16). The van der Waals surface area contributed by atoms with Crippen molar-refractivity contribution >= 4 is 22.0 Å². The summed E-state index contributed by atoms with van der Waals surface area (Å²) < 4.78 is 6.29. The molecule has 0 aromatic rings. The van der Waals surface area contributed by atoms with E-state index in [1.807, 2.05) is 20.8 Å². The van der Waals surface area contributed by atoms with Gasteiger partial charge in [-0.1, -0.05) is 34.2 Å². The lowest BCUT2D eigenvalue weighted by atomic mass is 9.97. The van der Waals surface area contributed by atoms with E-state index in [1.165, 1.54) is 0 Å². The molecule has 1 rings (SSSR count). The van der Waals surface area contributed by atoms with Crippen LogP contribution in [0.4, 0.5) is 4.79 Å². The summed E-state index contributed by atoms with van der Waals surface area (Å²) in [7, 11) is 0. The maximum atomic E-state index is 11.4. The molecular weight excluding hydrogens is 282 g/mol. The molecule has 0 heterocycles. The third-order valence-electron chi connectivity index (χ3n) is 2.33. The van der Waals surface area contributed by atoms with Crippen LogP contribution in [-0.2, 0) is 4.74 Å². The molecule has 4 heteroatoms. The van der Waals surface area contributed by atoms with Crippen molar-refractivity contribution in [2.45, 2.75) is 39.2 Å². The van der Waals surface area contributed by atoms with Gasteiger partial charge in [-0.3, -0.25) is 0 Å². The topological polar surface area (TPSA) is 38.3 Å². The SMILES string of the molecule is CC(C)(C)OC(=O)NCCC1C=CC(Br)=CC1. The third kappa shape index (κ3) is 6.51. The zero-order valence-corrected chi connectivity index (χ0v) is 12.2.